The van der Waals surface area contributed by atoms with Gasteiger partial charge in [-0.25, -0.2) is 4.68 Å². The summed E-state index contributed by atoms with van der Waals surface area (Å²) < 4.78 is 2.67. The number of benzene rings is 3. The maximum Gasteiger partial charge on any atom is 0.328 e. The number of hydrogen-bond donors (Lipinski definition) is 3. The van der Waals surface area contributed by atoms with Gasteiger partial charge in [0.25, 0.3) is 5.91 Å². The molecular formula is C24H16Br2Cl2N4O3. The maximum atomic E-state index is 13.2. The van der Waals surface area contributed by atoms with Crippen LogP contribution in [0.15, 0.2) is 69.6 Å². The fraction of sp³-hybridized carbons (Fsp3) is 0.0417. The molecule has 3 N–H and O–H groups in total. The van der Waals surface area contributed by atoms with Gasteiger partial charge in [-0.2, -0.15) is 0 Å². The second-order valence-electron chi connectivity index (χ2n) is 7.52. The predicted octanol–water partition coefficient (Wildman–Crippen LogP) is 6.74. The monoisotopic (exact) mass is 636 g/mol. The number of halogens is 4. The van der Waals surface area contributed by atoms with Crippen LogP contribution in [0.5, 0.6) is 0 Å². The van der Waals surface area contributed by atoms with Crippen LogP contribution in [0.3, 0.4) is 0 Å². The van der Waals surface area contributed by atoms with Crippen molar-refractivity contribution >= 4 is 95.1 Å². The highest BCUT2D eigenvalue weighted by molar-refractivity contribution is 9.10. The molecule has 0 fully saturated rings. The molecule has 0 spiro atoms. The summed E-state index contributed by atoms with van der Waals surface area (Å²) in [5.41, 5.74) is 4.88. The van der Waals surface area contributed by atoms with Crippen LogP contribution in [0.1, 0.15) is 16.1 Å². The van der Waals surface area contributed by atoms with Crippen molar-refractivity contribution in [1.82, 2.24) is 4.68 Å². The Labute approximate surface area is 227 Å². The molecule has 0 radical (unpaired) electrons. The lowest BCUT2D eigenvalue weighted by atomic mass is 10.2. The number of rotatable bonds is 4. The van der Waals surface area contributed by atoms with E-state index >= 15 is 0 Å². The number of nitrogens with one attached hydrogen (secondary N) is 3. The molecule has 4 aromatic rings. The van der Waals surface area contributed by atoms with Crippen molar-refractivity contribution in [3.8, 4) is 0 Å². The van der Waals surface area contributed by atoms with Gasteiger partial charge in [0, 0.05) is 19.4 Å². The summed E-state index contributed by atoms with van der Waals surface area (Å²) in [5, 5.41) is 6.60. The van der Waals surface area contributed by atoms with Crippen LogP contribution in [0.25, 0.3) is 10.9 Å². The Kier molecular flexibility index (Phi) is 7.51. The van der Waals surface area contributed by atoms with Gasteiger partial charge in [0.2, 0.25) is 0 Å². The summed E-state index contributed by atoms with van der Waals surface area (Å²) in [4.78, 5) is 38.6. The number of carbonyl (C=O) groups excluding carboxylic acids is 3. The van der Waals surface area contributed by atoms with Gasteiger partial charge in [0.1, 0.15) is 5.69 Å². The smallest absolute Gasteiger partial charge is 0.319 e. The molecule has 0 bridgehead atoms. The van der Waals surface area contributed by atoms with Gasteiger partial charge in [-0.15, -0.1) is 0 Å². The number of hydrogen-bond acceptors (Lipinski definition) is 3. The van der Waals surface area contributed by atoms with E-state index in [0.717, 1.165) is 10.0 Å². The molecule has 3 amide bonds. The molecule has 178 valence electrons. The van der Waals surface area contributed by atoms with Crippen LogP contribution in [-0.2, 0) is 9.59 Å². The number of anilines is 2. The SMILES string of the molecule is Cc1ccc(NC(=O)C(=O)Nn2c(C(=O)Nc3ccc(Cl)cc3Cl)cc3cc(Br)ccc32)c(Br)c1. The van der Waals surface area contributed by atoms with Crippen molar-refractivity contribution < 1.29 is 14.4 Å². The second-order valence-corrected chi connectivity index (χ2v) is 10.1. The van der Waals surface area contributed by atoms with E-state index in [2.05, 4.69) is 47.9 Å². The molecule has 0 aliphatic heterocycles. The Morgan fingerprint density at radius 3 is 2.29 bits per heavy atom. The third kappa shape index (κ3) is 5.70. The minimum atomic E-state index is -0.962. The van der Waals surface area contributed by atoms with Crippen LogP contribution in [-0.4, -0.2) is 22.4 Å². The van der Waals surface area contributed by atoms with Crippen LogP contribution >= 0.6 is 55.1 Å². The maximum absolute atomic E-state index is 13.2. The summed E-state index contributed by atoms with van der Waals surface area (Å²) in [6, 6.07) is 16.8. The van der Waals surface area contributed by atoms with E-state index in [9.17, 15) is 14.4 Å². The molecule has 0 aliphatic carbocycles. The minimum absolute atomic E-state index is 0.0850. The molecule has 0 aliphatic rings. The zero-order valence-electron chi connectivity index (χ0n) is 18.0. The van der Waals surface area contributed by atoms with Crippen molar-refractivity contribution in [2.45, 2.75) is 6.92 Å². The first-order chi connectivity index (χ1) is 16.6. The average Bonchev–Trinajstić information content (AvgIpc) is 3.14. The molecule has 0 saturated heterocycles. The Bertz CT molecular complexity index is 1500. The second kappa shape index (κ2) is 10.4. The van der Waals surface area contributed by atoms with E-state index in [1.807, 2.05) is 13.0 Å². The van der Waals surface area contributed by atoms with Gasteiger partial charge < -0.3 is 10.6 Å². The summed E-state index contributed by atoms with van der Waals surface area (Å²) in [6.45, 7) is 1.91. The minimum Gasteiger partial charge on any atom is -0.319 e. The number of amides is 3. The number of aromatic nitrogens is 1. The summed E-state index contributed by atoms with van der Waals surface area (Å²) in [6.07, 6.45) is 0. The highest BCUT2D eigenvalue weighted by Gasteiger charge is 2.22. The van der Waals surface area contributed by atoms with E-state index in [1.54, 1.807) is 48.5 Å². The lowest BCUT2D eigenvalue weighted by Gasteiger charge is -2.14. The largest absolute Gasteiger partial charge is 0.328 e. The molecule has 1 heterocycles. The molecule has 0 saturated carbocycles. The summed E-state index contributed by atoms with van der Waals surface area (Å²) in [5.74, 6) is -2.42. The first-order valence-corrected chi connectivity index (χ1v) is 12.4. The zero-order valence-corrected chi connectivity index (χ0v) is 22.6. The zero-order chi connectivity index (χ0) is 25.3. The van der Waals surface area contributed by atoms with E-state index in [4.69, 9.17) is 23.2 Å². The fourth-order valence-corrected chi connectivity index (χ4v) is 4.73. The predicted molar refractivity (Wildman–Crippen MR) is 146 cm³/mol. The van der Waals surface area contributed by atoms with Crippen molar-refractivity contribution in [3.63, 3.8) is 0 Å². The fourth-order valence-electron chi connectivity index (χ4n) is 3.30. The number of carbonyl (C=O) groups is 3. The Balaban J connectivity index is 1.64. The van der Waals surface area contributed by atoms with Gasteiger partial charge in [-0.05, 0) is 83.0 Å². The third-order valence-corrected chi connectivity index (χ3v) is 6.67. The number of nitrogens with zero attached hydrogens (tertiary/aromatic N) is 1. The summed E-state index contributed by atoms with van der Waals surface area (Å²) >= 11 is 18.9. The molecule has 35 heavy (non-hydrogen) atoms. The Hall–Kier alpha value is -2.85. The first kappa shape index (κ1) is 25.2. The number of aryl methyl sites for hydroxylation is 1. The van der Waals surface area contributed by atoms with Gasteiger partial charge in [-0.1, -0.05) is 45.2 Å². The van der Waals surface area contributed by atoms with Crippen molar-refractivity contribution in [2.24, 2.45) is 0 Å². The van der Waals surface area contributed by atoms with Crippen molar-refractivity contribution in [2.75, 3.05) is 16.1 Å². The quantitative estimate of drug-likeness (QED) is 0.216. The molecule has 0 unspecified atom stereocenters. The van der Waals surface area contributed by atoms with Gasteiger partial charge >= 0.3 is 11.8 Å². The van der Waals surface area contributed by atoms with E-state index in [0.29, 0.717) is 31.8 Å². The number of fused-ring (bicyclic) bond motifs is 1. The molecular weight excluding hydrogens is 623 g/mol. The topological polar surface area (TPSA) is 92.2 Å². The molecule has 7 nitrogen and oxygen atoms in total. The van der Waals surface area contributed by atoms with Gasteiger partial charge in [0.05, 0.1) is 21.9 Å². The summed E-state index contributed by atoms with van der Waals surface area (Å²) in [7, 11) is 0. The lowest BCUT2D eigenvalue weighted by Crippen LogP contribution is -2.36. The highest BCUT2D eigenvalue weighted by Crippen LogP contribution is 2.28. The lowest BCUT2D eigenvalue weighted by molar-refractivity contribution is -0.133. The Morgan fingerprint density at radius 2 is 1.57 bits per heavy atom. The normalized spacial score (nSPS) is 10.8. The molecule has 1 aromatic heterocycles. The van der Waals surface area contributed by atoms with Gasteiger partial charge in [0.15, 0.2) is 0 Å². The third-order valence-electron chi connectivity index (χ3n) is 4.97. The Morgan fingerprint density at radius 1 is 0.829 bits per heavy atom. The van der Waals surface area contributed by atoms with Gasteiger partial charge in [-0.3, -0.25) is 19.8 Å². The van der Waals surface area contributed by atoms with Crippen LogP contribution in [0, 0.1) is 6.92 Å². The average molecular weight is 639 g/mol. The van der Waals surface area contributed by atoms with Crippen LogP contribution < -0.4 is 16.1 Å². The highest BCUT2D eigenvalue weighted by atomic mass is 79.9. The standard InChI is InChI=1S/C24H16Br2Cl2N4O3/c1-12-2-5-18(16(26)8-12)29-23(34)24(35)31-32-20-7-3-14(25)9-13(20)10-21(32)22(33)30-19-6-4-15(27)11-17(19)28/h2-11H,1H3,(H,29,34)(H,30,33)(H,31,35). The molecule has 3 aromatic carbocycles. The van der Waals surface area contributed by atoms with Crippen molar-refractivity contribution in [3.05, 3.63) is 90.9 Å². The van der Waals surface area contributed by atoms with E-state index < -0.39 is 17.7 Å². The van der Waals surface area contributed by atoms with E-state index in [-0.39, 0.29) is 10.7 Å². The molecule has 4 rings (SSSR count). The van der Waals surface area contributed by atoms with E-state index in [1.165, 1.54) is 10.7 Å². The van der Waals surface area contributed by atoms with Crippen LogP contribution in [0.2, 0.25) is 10.0 Å². The first-order valence-electron chi connectivity index (χ1n) is 10.1. The molecule has 0 atom stereocenters. The molecule has 11 heteroatoms. The van der Waals surface area contributed by atoms with Crippen molar-refractivity contribution in [1.29, 1.82) is 0 Å². The van der Waals surface area contributed by atoms with Crippen LogP contribution in [0.4, 0.5) is 11.4 Å².